The first kappa shape index (κ1) is 15.1. The molecule has 116 valence electrons. The number of rotatable bonds is 4. The maximum Gasteiger partial charge on any atom is 0.414 e. The average molecular weight is 308 g/mol. The van der Waals surface area contributed by atoms with Crippen LogP contribution in [0, 0.1) is 11.3 Å². The zero-order chi connectivity index (χ0) is 16.2. The highest BCUT2D eigenvalue weighted by Gasteiger charge is 2.32. The van der Waals surface area contributed by atoms with E-state index < -0.39 is 0 Å². The van der Waals surface area contributed by atoms with E-state index >= 15 is 0 Å². The van der Waals surface area contributed by atoms with E-state index in [1.165, 1.54) is 0 Å². The van der Waals surface area contributed by atoms with Crippen molar-refractivity contribution in [3.8, 4) is 17.2 Å². The first-order valence-electron chi connectivity index (χ1n) is 7.29. The van der Waals surface area contributed by atoms with Gasteiger partial charge in [-0.05, 0) is 35.4 Å². The lowest BCUT2D eigenvalue weighted by Crippen LogP contribution is -2.25. The summed E-state index contributed by atoms with van der Waals surface area (Å²) in [5.41, 5.74) is 3.37. The van der Waals surface area contributed by atoms with E-state index in [-0.39, 0.29) is 12.2 Å². The molecule has 1 heterocycles. The number of carbonyl (C=O) groups excluding carboxylic acids is 1. The zero-order valence-electron chi connectivity index (χ0n) is 12.7. The summed E-state index contributed by atoms with van der Waals surface area (Å²) in [5, 5.41) is 8.98. The third-order valence-electron chi connectivity index (χ3n) is 3.73. The molecule has 23 heavy (non-hydrogen) atoms. The van der Waals surface area contributed by atoms with Gasteiger partial charge in [0.05, 0.1) is 24.8 Å². The molecule has 0 saturated carbocycles. The maximum absolute atomic E-state index is 11.9. The molecule has 1 aliphatic rings. The predicted molar refractivity (Wildman–Crippen MR) is 86.1 cm³/mol. The van der Waals surface area contributed by atoms with Crippen molar-refractivity contribution in [3.05, 3.63) is 54.1 Å². The number of nitrogens with zero attached hydrogens (tertiary/aromatic N) is 2. The van der Waals surface area contributed by atoms with Crippen molar-refractivity contribution in [3.63, 3.8) is 0 Å². The molecule has 0 radical (unpaired) electrons. The topological polar surface area (TPSA) is 62.6 Å². The highest BCUT2D eigenvalue weighted by Crippen LogP contribution is 2.26. The van der Waals surface area contributed by atoms with Gasteiger partial charge in [0.1, 0.15) is 6.10 Å². The number of benzene rings is 2. The molecule has 1 saturated heterocycles. The number of hydrogen-bond donors (Lipinski definition) is 0. The average Bonchev–Trinajstić information content (AvgIpc) is 2.96. The van der Waals surface area contributed by atoms with Crippen molar-refractivity contribution >= 4 is 11.8 Å². The Bertz CT molecular complexity index is 750. The summed E-state index contributed by atoms with van der Waals surface area (Å²) in [5.74, 6) is 0. The van der Waals surface area contributed by atoms with Gasteiger partial charge in [-0.2, -0.15) is 5.26 Å². The minimum Gasteiger partial charge on any atom is -0.441 e. The Morgan fingerprint density at radius 3 is 2.74 bits per heavy atom. The summed E-state index contributed by atoms with van der Waals surface area (Å²) >= 11 is 0. The van der Waals surface area contributed by atoms with Gasteiger partial charge >= 0.3 is 6.09 Å². The minimum atomic E-state index is -0.355. The molecule has 0 aromatic heterocycles. The van der Waals surface area contributed by atoms with Crippen molar-refractivity contribution < 1.29 is 14.3 Å². The molecule has 0 bridgehead atoms. The van der Waals surface area contributed by atoms with Crippen LogP contribution in [0.2, 0.25) is 0 Å². The second-order valence-electron chi connectivity index (χ2n) is 5.31. The fourth-order valence-electron chi connectivity index (χ4n) is 2.61. The van der Waals surface area contributed by atoms with E-state index in [1.807, 2.05) is 42.5 Å². The van der Waals surface area contributed by atoms with Crippen molar-refractivity contribution in [1.29, 1.82) is 5.26 Å². The molecule has 1 amide bonds. The normalized spacial score (nSPS) is 17.0. The van der Waals surface area contributed by atoms with Crippen LogP contribution in [0.5, 0.6) is 0 Å². The Balaban J connectivity index is 1.80. The molecule has 0 spiro atoms. The van der Waals surface area contributed by atoms with E-state index in [0.29, 0.717) is 18.7 Å². The monoisotopic (exact) mass is 308 g/mol. The Morgan fingerprint density at radius 2 is 2.04 bits per heavy atom. The molecule has 2 aromatic rings. The lowest BCUT2D eigenvalue weighted by Gasteiger charge is -2.13. The molecule has 0 aliphatic carbocycles. The summed E-state index contributed by atoms with van der Waals surface area (Å²) in [6.07, 6.45) is -0.592. The van der Waals surface area contributed by atoms with Crippen molar-refractivity contribution in [1.82, 2.24) is 0 Å². The van der Waals surface area contributed by atoms with Gasteiger partial charge in [0.25, 0.3) is 0 Å². The van der Waals surface area contributed by atoms with Crippen LogP contribution in [0.3, 0.4) is 0 Å². The molecule has 5 nitrogen and oxygen atoms in total. The molecule has 1 unspecified atom stereocenters. The summed E-state index contributed by atoms with van der Waals surface area (Å²) in [7, 11) is 1.58. The van der Waals surface area contributed by atoms with Crippen LogP contribution in [0.15, 0.2) is 48.5 Å². The first-order valence-corrected chi connectivity index (χ1v) is 7.29. The van der Waals surface area contributed by atoms with Crippen molar-refractivity contribution in [2.45, 2.75) is 6.10 Å². The highest BCUT2D eigenvalue weighted by atomic mass is 16.6. The molecule has 3 rings (SSSR count). The van der Waals surface area contributed by atoms with Crippen molar-refractivity contribution in [2.75, 3.05) is 25.2 Å². The highest BCUT2D eigenvalue weighted by molar-refractivity contribution is 5.90. The summed E-state index contributed by atoms with van der Waals surface area (Å²) in [4.78, 5) is 13.5. The van der Waals surface area contributed by atoms with Gasteiger partial charge in [0.2, 0.25) is 0 Å². The number of ether oxygens (including phenoxy) is 2. The molecule has 1 fully saturated rings. The summed E-state index contributed by atoms with van der Waals surface area (Å²) in [6.45, 7) is 0.872. The van der Waals surface area contributed by atoms with Crippen molar-refractivity contribution in [2.24, 2.45) is 0 Å². The van der Waals surface area contributed by atoms with Crippen LogP contribution in [0.4, 0.5) is 10.5 Å². The number of cyclic esters (lactones) is 1. The smallest absolute Gasteiger partial charge is 0.414 e. The lowest BCUT2D eigenvalue weighted by molar-refractivity contribution is 0.0718. The van der Waals surface area contributed by atoms with E-state index in [9.17, 15) is 4.79 Å². The largest absolute Gasteiger partial charge is 0.441 e. The van der Waals surface area contributed by atoms with Crippen LogP contribution in [-0.2, 0) is 9.47 Å². The molecular weight excluding hydrogens is 292 g/mol. The molecular formula is C18H16N2O3. The van der Waals surface area contributed by atoms with Gasteiger partial charge in [-0.25, -0.2) is 4.79 Å². The number of hydrogen-bond acceptors (Lipinski definition) is 4. The molecule has 5 heteroatoms. The number of anilines is 1. The Morgan fingerprint density at radius 1 is 1.26 bits per heavy atom. The first-order chi connectivity index (χ1) is 11.2. The van der Waals surface area contributed by atoms with Gasteiger partial charge in [-0.15, -0.1) is 0 Å². The summed E-state index contributed by atoms with van der Waals surface area (Å²) in [6, 6.07) is 17.2. The number of methoxy groups -OCH3 is 1. The van der Waals surface area contributed by atoms with E-state index in [4.69, 9.17) is 14.7 Å². The van der Waals surface area contributed by atoms with E-state index in [0.717, 1.165) is 16.8 Å². The van der Waals surface area contributed by atoms with Gasteiger partial charge in [0, 0.05) is 12.8 Å². The predicted octanol–water partition coefficient (Wildman–Crippen LogP) is 3.20. The molecule has 1 aliphatic heterocycles. The number of carbonyl (C=O) groups is 1. The molecule has 2 aromatic carbocycles. The fraction of sp³-hybridized carbons (Fsp3) is 0.222. The zero-order valence-corrected chi connectivity index (χ0v) is 12.7. The number of amides is 1. The van der Waals surface area contributed by atoms with Crippen LogP contribution in [0.25, 0.3) is 11.1 Å². The fourth-order valence-corrected chi connectivity index (χ4v) is 2.61. The minimum absolute atomic E-state index is 0.237. The molecule has 0 N–H and O–H groups in total. The second-order valence-corrected chi connectivity index (χ2v) is 5.31. The summed E-state index contributed by atoms with van der Waals surface area (Å²) < 4.78 is 10.3. The standard InChI is InChI=1S/C18H16N2O3/c1-22-12-17-11-20(18(21)23-17)16-7-5-14(6-8-16)15-4-2-3-13(9-15)10-19/h2-9,17H,11-12H2,1H3. The quantitative estimate of drug-likeness (QED) is 0.870. The van der Waals surface area contributed by atoms with Gasteiger partial charge in [-0.3, -0.25) is 4.90 Å². The van der Waals surface area contributed by atoms with Gasteiger partial charge in [-0.1, -0.05) is 24.3 Å². The van der Waals surface area contributed by atoms with Gasteiger partial charge in [0.15, 0.2) is 0 Å². The third-order valence-corrected chi connectivity index (χ3v) is 3.73. The second kappa shape index (κ2) is 6.51. The third kappa shape index (κ3) is 3.17. The SMILES string of the molecule is COCC1CN(c2ccc(-c3cccc(C#N)c3)cc2)C(=O)O1. The van der Waals surface area contributed by atoms with Crippen LogP contribution in [0.1, 0.15) is 5.56 Å². The van der Waals surface area contributed by atoms with Crippen LogP contribution in [-0.4, -0.2) is 32.5 Å². The number of nitriles is 1. The lowest BCUT2D eigenvalue weighted by atomic mass is 10.0. The Kier molecular flexibility index (Phi) is 4.26. The molecule has 1 atom stereocenters. The van der Waals surface area contributed by atoms with E-state index in [2.05, 4.69) is 6.07 Å². The Labute approximate surface area is 134 Å². The van der Waals surface area contributed by atoms with Crippen LogP contribution >= 0.6 is 0 Å². The van der Waals surface area contributed by atoms with Gasteiger partial charge < -0.3 is 9.47 Å². The maximum atomic E-state index is 11.9. The van der Waals surface area contributed by atoms with Crippen LogP contribution < -0.4 is 4.90 Å². The Hall–Kier alpha value is -2.84. The van der Waals surface area contributed by atoms with E-state index in [1.54, 1.807) is 18.1 Å².